The fourth-order valence-corrected chi connectivity index (χ4v) is 5.37. The second kappa shape index (κ2) is 7.09. The molecule has 3 heterocycles. The Hall–Kier alpha value is -2.61. The van der Waals surface area contributed by atoms with Crippen molar-refractivity contribution in [2.45, 2.75) is 19.4 Å². The molecule has 7 nitrogen and oxygen atoms in total. The van der Waals surface area contributed by atoms with Crippen molar-refractivity contribution in [1.29, 1.82) is 0 Å². The minimum Gasteiger partial charge on any atom is -0.353 e. The van der Waals surface area contributed by atoms with Gasteiger partial charge in [0.1, 0.15) is 5.82 Å². The highest BCUT2D eigenvalue weighted by molar-refractivity contribution is 7.92. The molecule has 2 aliphatic heterocycles. The molecule has 1 saturated heterocycles. The van der Waals surface area contributed by atoms with Crippen LogP contribution in [-0.4, -0.2) is 62.7 Å². The van der Waals surface area contributed by atoms with Gasteiger partial charge in [-0.15, -0.1) is 0 Å². The van der Waals surface area contributed by atoms with Crippen LogP contribution in [0.1, 0.15) is 22.8 Å². The maximum atomic E-state index is 13.0. The predicted molar refractivity (Wildman–Crippen MR) is 109 cm³/mol. The molecule has 2 aromatic rings. The van der Waals surface area contributed by atoms with Gasteiger partial charge in [-0.25, -0.2) is 13.4 Å². The molecule has 1 amide bonds. The van der Waals surface area contributed by atoms with Gasteiger partial charge in [-0.05, 0) is 49.2 Å². The SMILES string of the molecule is CC1Cc2cc(C(=O)N3CCN(c4ccccn4)CC3)ccc2N1S(C)(=O)=O. The van der Waals surface area contributed by atoms with Crippen molar-refractivity contribution in [1.82, 2.24) is 9.88 Å². The zero-order valence-electron chi connectivity index (χ0n) is 16.1. The summed E-state index contributed by atoms with van der Waals surface area (Å²) in [5.41, 5.74) is 2.22. The van der Waals surface area contributed by atoms with Crippen LogP contribution in [0, 0.1) is 0 Å². The smallest absolute Gasteiger partial charge is 0.253 e. The van der Waals surface area contributed by atoms with E-state index in [1.165, 1.54) is 10.6 Å². The third kappa shape index (κ3) is 3.44. The predicted octanol–water partition coefficient (Wildman–Crippen LogP) is 1.75. The molecule has 0 radical (unpaired) electrons. The van der Waals surface area contributed by atoms with E-state index < -0.39 is 10.0 Å². The number of nitrogens with zero attached hydrogens (tertiary/aromatic N) is 4. The molecular weight excluding hydrogens is 376 g/mol. The largest absolute Gasteiger partial charge is 0.353 e. The van der Waals surface area contributed by atoms with Crippen molar-refractivity contribution in [2.75, 3.05) is 41.6 Å². The van der Waals surface area contributed by atoms with E-state index in [1.807, 2.05) is 36.1 Å². The minimum atomic E-state index is -3.32. The lowest BCUT2D eigenvalue weighted by Gasteiger charge is -2.35. The van der Waals surface area contributed by atoms with Crippen LogP contribution in [0.3, 0.4) is 0 Å². The summed E-state index contributed by atoms with van der Waals surface area (Å²) in [6.07, 6.45) is 3.62. The maximum absolute atomic E-state index is 13.0. The lowest BCUT2D eigenvalue weighted by atomic mass is 10.1. The number of fused-ring (bicyclic) bond motifs is 1. The van der Waals surface area contributed by atoms with Crippen LogP contribution in [0.2, 0.25) is 0 Å². The van der Waals surface area contributed by atoms with Crippen molar-refractivity contribution in [3.63, 3.8) is 0 Å². The van der Waals surface area contributed by atoms with Gasteiger partial charge >= 0.3 is 0 Å². The van der Waals surface area contributed by atoms with E-state index >= 15 is 0 Å². The van der Waals surface area contributed by atoms with Gasteiger partial charge in [-0.1, -0.05) is 6.07 Å². The average Bonchev–Trinajstić information content (AvgIpc) is 3.03. The summed E-state index contributed by atoms with van der Waals surface area (Å²) >= 11 is 0. The minimum absolute atomic E-state index is 0.00562. The fourth-order valence-electron chi connectivity index (χ4n) is 4.10. The zero-order chi connectivity index (χ0) is 19.9. The van der Waals surface area contributed by atoms with Gasteiger partial charge in [-0.2, -0.15) is 0 Å². The summed E-state index contributed by atoms with van der Waals surface area (Å²) in [7, 11) is -3.32. The molecule has 0 saturated carbocycles. The summed E-state index contributed by atoms with van der Waals surface area (Å²) in [4.78, 5) is 21.4. The number of aromatic nitrogens is 1. The summed E-state index contributed by atoms with van der Waals surface area (Å²) in [5, 5.41) is 0. The molecule has 4 rings (SSSR count). The molecule has 1 fully saturated rings. The number of sulfonamides is 1. The maximum Gasteiger partial charge on any atom is 0.253 e. The molecule has 0 bridgehead atoms. The van der Waals surface area contributed by atoms with Gasteiger partial charge in [0.05, 0.1) is 11.9 Å². The van der Waals surface area contributed by atoms with Gasteiger partial charge in [0, 0.05) is 44.0 Å². The third-order valence-corrected chi connectivity index (χ3v) is 6.65. The monoisotopic (exact) mass is 400 g/mol. The van der Waals surface area contributed by atoms with Crippen LogP contribution in [0.5, 0.6) is 0 Å². The Morgan fingerprint density at radius 2 is 1.86 bits per heavy atom. The van der Waals surface area contributed by atoms with Crippen molar-refractivity contribution < 1.29 is 13.2 Å². The number of benzene rings is 1. The van der Waals surface area contributed by atoms with Crippen LogP contribution in [0.25, 0.3) is 0 Å². The highest BCUT2D eigenvalue weighted by Crippen LogP contribution is 2.35. The van der Waals surface area contributed by atoms with E-state index in [0.717, 1.165) is 24.5 Å². The molecule has 1 unspecified atom stereocenters. The molecule has 0 N–H and O–H groups in total. The first-order chi connectivity index (χ1) is 13.3. The lowest BCUT2D eigenvalue weighted by Crippen LogP contribution is -2.49. The number of carbonyl (C=O) groups excluding carboxylic acids is 1. The van der Waals surface area contributed by atoms with Gasteiger partial charge in [0.15, 0.2) is 0 Å². The highest BCUT2D eigenvalue weighted by atomic mass is 32.2. The number of pyridine rings is 1. The molecule has 1 aromatic carbocycles. The number of piperazine rings is 1. The zero-order valence-corrected chi connectivity index (χ0v) is 16.9. The summed E-state index contributed by atoms with van der Waals surface area (Å²) < 4.78 is 25.6. The number of hydrogen-bond donors (Lipinski definition) is 0. The first-order valence-corrected chi connectivity index (χ1v) is 11.3. The van der Waals surface area contributed by atoms with Crippen LogP contribution < -0.4 is 9.21 Å². The fraction of sp³-hybridized carbons (Fsp3) is 0.400. The Kier molecular flexibility index (Phi) is 4.74. The van der Waals surface area contributed by atoms with E-state index in [1.54, 1.807) is 18.3 Å². The highest BCUT2D eigenvalue weighted by Gasteiger charge is 2.33. The van der Waals surface area contributed by atoms with E-state index in [9.17, 15) is 13.2 Å². The third-order valence-electron chi connectivity index (χ3n) is 5.38. The van der Waals surface area contributed by atoms with Crippen molar-refractivity contribution in [3.8, 4) is 0 Å². The number of amides is 1. The Morgan fingerprint density at radius 1 is 1.11 bits per heavy atom. The Morgan fingerprint density at radius 3 is 2.50 bits per heavy atom. The van der Waals surface area contributed by atoms with Gasteiger partial charge < -0.3 is 9.80 Å². The van der Waals surface area contributed by atoms with Crippen LogP contribution >= 0.6 is 0 Å². The van der Waals surface area contributed by atoms with E-state index in [0.29, 0.717) is 30.8 Å². The number of carbonyl (C=O) groups is 1. The van der Waals surface area contributed by atoms with E-state index in [-0.39, 0.29) is 11.9 Å². The first kappa shape index (κ1) is 18.7. The lowest BCUT2D eigenvalue weighted by molar-refractivity contribution is 0.0746. The normalized spacial score (nSPS) is 19.6. The molecule has 2 aliphatic rings. The van der Waals surface area contributed by atoms with Crippen LogP contribution in [0.4, 0.5) is 11.5 Å². The number of rotatable bonds is 3. The van der Waals surface area contributed by atoms with Crippen molar-refractivity contribution in [3.05, 3.63) is 53.7 Å². The molecule has 0 aliphatic carbocycles. The number of anilines is 2. The van der Waals surface area contributed by atoms with Crippen molar-refractivity contribution in [2.24, 2.45) is 0 Å². The first-order valence-electron chi connectivity index (χ1n) is 9.42. The average molecular weight is 401 g/mol. The summed E-state index contributed by atoms with van der Waals surface area (Å²) in [6, 6.07) is 11.1. The van der Waals surface area contributed by atoms with Crippen LogP contribution in [-0.2, 0) is 16.4 Å². The molecule has 28 heavy (non-hydrogen) atoms. The van der Waals surface area contributed by atoms with Crippen LogP contribution in [0.15, 0.2) is 42.6 Å². The van der Waals surface area contributed by atoms with Gasteiger partial charge in [-0.3, -0.25) is 9.10 Å². The van der Waals surface area contributed by atoms with Gasteiger partial charge in [0.25, 0.3) is 5.91 Å². The molecule has 0 spiro atoms. The van der Waals surface area contributed by atoms with E-state index in [2.05, 4.69) is 9.88 Å². The summed E-state index contributed by atoms with van der Waals surface area (Å²) in [5.74, 6) is 0.927. The van der Waals surface area contributed by atoms with E-state index in [4.69, 9.17) is 0 Å². The molecule has 1 atom stereocenters. The molecule has 1 aromatic heterocycles. The summed E-state index contributed by atoms with van der Waals surface area (Å²) in [6.45, 7) is 4.65. The Bertz CT molecular complexity index is 986. The quantitative estimate of drug-likeness (QED) is 0.785. The molecular formula is C20H24N4O3S. The van der Waals surface area contributed by atoms with Gasteiger partial charge in [0.2, 0.25) is 10.0 Å². The topological polar surface area (TPSA) is 73.8 Å². The second-order valence-corrected chi connectivity index (χ2v) is 9.28. The second-order valence-electron chi connectivity index (χ2n) is 7.42. The standard InChI is InChI=1S/C20H24N4O3S/c1-15-13-17-14-16(6-7-18(17)24(15)28(2,26)27)20(25)23-11-9-22(10-12-23)19-5-3-4-8-21-19/h3-8,14-15H,9-13H2,1-2H3. The molecule has 148 valence electrons. The van der Waals surface area contributed by atoms with Crippen molar-refractivity contribution >= 4 is 27.4 Å². The number of hydrogen-bond acceptors (Lipinski definition) is 5. The Balaban J connectivity index is 1.48. The molecule has 8 heteroatoms. The Labute approximate surface area is 165 Å².